The van der Waals surface area contributed by atoms with E-state index in [0.29, 0.717) is 6.04 Å². The molecule has 0 amide bonds. The third kappa shape index (κ3) is 4.86. The lowest BCUT2D eigenvalue weighted by atomic mass is 9.91. The minimum absolute atomic E-state index is 0.378. The van der Waals surface area contributed by atoms with Gasteiger partial charge in [0.15, 0.2) is 0 Å². The molecule has 1 rings (SSSR count). The molecule has 0 radical (unpaired) electrons. The van der Waals surface area contributed by atoms with E-state index < -0.39 is 0 Å². The van der Waals surface area contributed by atoms with Crippen molar-refractivity contribution in [1.82, 2.24) is 10.3 Å². The number of pyridine rings is 1. The van der Waals surface area contributed by atoms with Gasteiger partial charge in [-0.25, -0.2) is 0 Å². The van der Waals surface area contributed by atoms with Gasteiger partial charge in [0.1, 0.15) is 0 Å². The molecule has 0 aliphatic rings. The molecule has 0 fully saturated rings. The third-order valence-corrected chi connectivity index (χ3v) is 3.15. The number of nitrogens with one attached hydrogen (secondary N) is 1. The summed E-state index contributed by atoms with van der Waals surface area (Å²) in [6.45, 7) is 9.03. The summed E-state index contributed by atoms with van der Waals surface area (Å²) in [4.78, 5) is 4.48. The predicted molar refractivity (Wildman–Crippen MR) is 74.0 cm³/mol. The van der Waals surface area contributed by atoms with Crippen LogP contribution in [0.5, 0.6) is 0 Å². The summed E-state index contributed by atoms with van der Waals surface area (Å²) in [5, 5.41) is 3.39. The number of nitrogens with zero attached hydrogens (tertiary/aromatic N) is 1. The fraction of sp³-hybridized carbons (Fsp3) is 0.667. The number of aromatic nitrogens is 1. The van der Waals surface area contributed by atoms with Crippen LogP contribution in [0.3, 0.4) is 0 Å². The molecule has 2 atom stereocenters. The fourth-order valence-corrected chi connectivity index (χ4v) is 2.44. The van der Waals surface area contributed by atoms with Crippen LogP contribution in [0.1, 0.15) is 50.9 Å². The van der Waals surface area contributed by atoms with Gasteiger partial charge in [0.25, 0.3) is 0 Å². The second-order valence-corrected chi connectivity index (χ2v) is 5.57. The Morgan fingerprint density at radius 2 is 1.94 bits per heavy atom. The van der Waals surface area contributed by atoms with Crippen LogP contribution in [0.25, 0.3) is 0 Å². The minimum atomic E-state index is 0.378. The summed E-state index contributed by atoms with van der Waals surface area (Å²) in [5.41, 5.74) is 2.45. The molecule has 0 saturated heterocycles. The van der Waals surface area contributed by atoms with Gasteiger partial charge in [0.2, 0.25) is 0 Å². The smallest absolute Gasteiger partial charge is 0.0575 e. The maximum Gasteiger partial charge on any atom is 0.0575 e. The van der Waals surface area contributed by atoms with Gasteiger partial charge in [0, 0.05) is 12.2 Å². The Morgan fingerprint density at radius 3 is 2.47 bits per heavy atom. The molecule has 0 spiro atoms. The van der Waals surface area contributed by atoms with Gasteiger partial charge in [0.05, 0.1) is 5.69 Å². The molecule has 0 aromatic carbocycles. The highest BCUT2D eigenvalue weighted by atomic mass is 14.9. The molecule has 1 aromatic heterocycles. The molecule has 1 N–H and O–H groups in total. The fourth-order valence-electron chi connectivity index (χ4n) is 2.44. The average molecular weight is 234 g/mol. The van der Waals surface area contributed by atoms with Crippen molar-refractivity contribution in [3.8, 4) is 0 Å². The number of hydrogen-bond donors (Lipinski definition) is 1. The Balaban J connectivity index is 2.65. The molecule has 0 bridgehead atoms. The lowest BCUT2D eigenvalue weighted by Crippen LogP contribution is -2.20. The van der Waals surface area contributed by atoms with E-state index in [2.05, 4.69) is 44.1 Å². The van der Waals surface area contributed by atoms with E-state index in [1.165, 1.54) is 17.7 Å². The van der Waals surface area contributed by atoms with E-state index in [9.17, 15) is 0 Å². The second-order valence-electron chi connectivity index (χ2n) is 5.57. The lowest BCUT2D eigenvalue weighted by molar-refractivity contribution is 0.363. The predicted octanol–water partition coefficient (Wildman–Crippen LogP) is 3.72. The topological polar surface area (TPSA) is 24.9 Å². The van der Waals surface area contributed by atoms with Crippen LogP contribution in [-0.4, -0.2) is 12.0 Å². The van der Waals surface area contributed by atoms with Gasteiger partial charge >= 0.3 is 0 Å². The van der Waals surface area contributed by atoms with Crippen LogP contribution in [-0.2, 0) is 0 Å². The first-order valence-corrected chi connectivity index (χ1v) is 6.62. The molecule has 96 valence electrons. The largest absolute Gasteiger partial charge is 0.312 e. The summed E-state index contributed by atoms with van der Waals surface area (Å²) >= 11 is 0. The molecule has 1 aromatic rings. The van der Waals surface area contributed by atoms with Crippen LogP contribution < -0.4 is 5.32 Å². The zero-order valence-corrected chi connectivity index (χ0v) is 11.8. The maximum atomic E-state index is 4.48. The van der Waals surface area contributed by atoms with Crippen LogP contribution in [0.2, 0.25) is 0 Å². The Morgan fingerprint density at radius 1 is 1.24 bits per heavy atom. The van der Waals surface area contributed by atoms with Crippen molar-refractivity contribution in [2.45, 2.75) is 46.6 Å². The van der Waals surface area contributed by atoms with E-state index in [1.54, 1.807) is 0 Å². The summed E-state index contributed by atoms with van der Waals surface area (Å²) < 4.78 is 0. The SMILES string of the molecule is CNC(CC(C)CC(C)C)c1cc(C)ccn1. The minimum Gasteiger partial charge on any atom is -0.312 e. The second kappa shape index (κ2) is 6.75. The quantitative estimate of drug-likeness (QED) is 0.811. The van der Waals surface area contributed by atoms with Crippen molar-refractivity contribution in [3.63, 3.8) is 0 Å². The standard InChI is InChI=1S/C15H26N2/c1-11(2)8-13(4)10-14(16-5)15-9-12(3)6-7-17-15/h6-7,9,11,13-14,16H,8,10H2,1-5H3. The van der Waals surface area contributed by atoms with Crippen molar-refractivity contribution in [2.24, 2.45) is 11.8 Å². The van der Waals surface area contributed by atoms with Crippen molar-refractivity contribution >= 4 is 0 Å². The van der Waals surface area contributed by atoms with Crippen LogP contribution in [0, 0.1) is 18.8 Å². The Hall–Kier alpha value is -0.890. The highest BCUT2D eigenvalue weighted by Gasteiger charge is 2.15. The first-order chi connectivity index (χ1) is 8.02. The van der Waals surface area contributed by atoms with E-state index in [-0.39, 0.29) is 0 Å². The average Bonchev–Trinajstić information content (AvgIpc) is 2.24. The summed E-state index contributed by atoms with van der Waals surface area (Å²) in [6, 6.07) is 4.61. The zero-order chi connectivity index (χ0) is 12.8. The van der Waals surface area contributed by atoms with Gasteiger partial charge in [-0.15, -0.1) is 0 Å². The van der Waals surface area contributed by atoms with E-state index in [0.717, 1.165) is 18.3 Å². The molecule has 2 nitrogen and oxygen atoms in total. The Bertz CT molecular complexity index is 333. The molecular weight excluding hydrogens is 208 g/mol. The van der Waals surface area contributed by atoms with Crippen molar-refractivity contribution in [3.05, 3.63) is 29.6 Å². The van der Waals surface area contributed by atoms with Gasteiger partial charge in [-0.3, -0.25) is 4.98 Å². The van der Waals surface area contributed by atoms with Gasteiger partial charge in [-0.05, 0) is 56.3 Å². The number of hydrogen-bond acceptors (Lipinski definition) is 2. The number of rotatable bonds is 6. The summed E-state index contributed by atoms with van der Waals surface area (Å²) in [5.74, 6) is 1.50. The summed E-state index contributed by atoms with van der Waals surface area (Å²) in [6.07, 6.45) is 4.34. The monoisotopic (exact) mass is 234 g/mol. The highest BCUT2D eigenvalue weighted by molar-refractivity contribution is 5.17. The van der Waals surface area contributed by atoms with Crippen molar-refractivity contribution < 1.29 is 0 Å². The molecule has 0 aliphatic heterocycles. The molecule has 2 heteroatoms. The van der Waals surface area contributed by atoms with Gasteiger partial charge < -0.3 is 5.32 Å². The Kier molecular flexibility index (Phi) is 5.63. The zero-order valence-electron chi connectivity index (χ0n) is 11.8. The van der Waals surface area contributed by atoms with Crippen molar-refractivity contribution in [1.29, 1.82) is 0 Å². The third-order valence-electron chi connectivity index (χ3n) is 3.15. The first-order valence-electron chi connectivity index (χ1n) is 6.62. The lowest BCUT2D eigenvalue weighted by Gasteiger charge is -2.21. The molecular formula is C15H26N2. The first kappa shape index (κ1) is 14.2. The van der Waals surface area contributed by atoms with Crippen LogP contribution in [0.4, 0.5) is 0 Å². The molecule has 1 heterocycles. The molecule has 0 aliphatic carbocycles. The Labute approximate surface area is 106 Å². The van der Waals surface area contributed by atoms with E-state index in [4.69, 9.17) is 0 Å². The molecule has 2 unspecified atom stereocenters. The molecule has 17 heavy (non-hydrogen) atoms. The summed E-state index contributed by atoms with van der Waals surface area (Å²) in [7, 11) is 2.02. The maximum absolute atomic E-state index is 4.48. The molecule has 0 saturated carbocycles. The van der Waals surface area contributed by atoms with Gasteiger partial charge in [-0.2, -0.15) is 0 Å². The number of aryl methyl sites for hydroxylation is 1. The van der Waals surface area contributed by atoms with Crippen LogP contribution in [0.15, 0.2) is 18.3 Å². The normalized spacial score (nSPS) is 14.9. The van der Waals surface area contributed by atoms with Crippen molar-refractivity contribution in [2.75, 3.05) is 7.05 Å². The van der Waals surface area contributed by atoms with Crippen LogP contribution >= 0.6 is 0 Å². The van der Waals surface area contributed by atoms with Gasteiger partial charge in [-0.1, -0.05) is 20.8 Å². The highest BCUT2D eigenvalue weighted by Crippen LogP contribution is 2.24. The van der Waals surface area contributed by atoms with E-state index in [1.807, 2.05) is 19.3 Å². The van der Waals surface area contributed by atoms with E-state index >= 15 is 0 Å².